The van der Waals surface area contributed by atoms with Gasteiger partial charge >= 0.3 is 0 Å². The third kappa shape index (κ3) is 1.90. The zero-order chi connectivity index (χ0) is 10.8. The lowest BCUT2D eigenvalue weighted by Crippen LogP contribution is -2.06. The second-order valence-electron chi connectivity index (χ2n) is 2.94. The number of benzene rings is 1. The summed E-state index contributed by atoms with van der Waals surface area (Å²) >= 11 is 0. The van der Waals surface area contributed by atoms with E-state index < -0.39 is 11.6 Å². The van der Waals surface area contributed by atoms with Gasteiger partial charge in [0.2, 0.25) is 5.95 Å². The largest absolute Gasteiger partial charge is 0.367 e. The Bertz CT molecular complexity index is 482. The van der Waals surface area contributed by atoms with Crippen molar-refractivity contribution in [1.82, 2.24) is 20.2 Å². The Morgan fingerprint density at radius 3 is 2.67 bits per heavy atom. The molecule has 0 aliphatic heterocycles. The van der Waals surface area contributed by atoms with Gasteiger partial charge in [0.25, 0.3) is 0 Å². The van der Waals surface area contributed by atoms with Crippen LogP contribution < -0.4 is 5.73 Å². The van der Waals surface area contributed by atoms with Crippen LogP contribution in [0.1, 0.15) is 5.56 Å². The average Bonchev–Trinajstić information content (AvgIpc) is 2.59. The van der Waals surface area contributed by atoms with Gasteiger partial charge in [0.05, 0.1) is 6.54 Å². The minimum Gasteiger partial charge on any atom is -0.367 e. The molecule has 0 unspecified atom stereocenters. The lowest BCUT2D eigenvalue weighted by molar-refractivity contribution is 0.505. The Kier molecular flexibility index (Phi) is 2.28. The number of nitrogens with zero attached hydrogens (tertiary/aromatic N) is 4. The molecule has 1 aromatic carbocycles. The number of tetrazole rings is 1. The van der Waals surface area contributed by atoms with E-state index >= 15 is 0 Å². The van der Waals surface area contributed by atoms with Crippen molar-refractivity contribution in [3.05, 3.63) is 35.4 Å². The first-order chi connectivity index (χ1) is 7.16. The highest BCUT2D eigenvalue weighted by Gasteiger charge is 2.05. The van der Waals surface area contributed by atoms with Crippen molar-refractivity contribution in [3.63, 3.8) is 0 Å². The van der Waals surface area contributed by atoms with E-state index in [4.69, 9.17) is 5.73 Å². The Morgan fingerprint density at radius 1 is 1.27 bits per heavy atom. The standard InChI is InChI=1S/C8H7F2N5/c9-6-2-1-5(3-7(6)10)4-15-8(11)12-13-14-15/h1-3H,4H2,(H2,11,12,14). The molecule has 0 saturated heterocycles. The molecule has 0 aliphatic rings. The summed E-state index contributed by atoms with van der Waals surface area (Å²) in [6.45, 7) is 0.204. The molecular formula is C8H7F2N5. The van der Waals surface area contributed by atoms with Crippen LogP contribution in [0.4, 0.5) is 14.7 Å². The first-order valence-electron chi connectivity index (χ1n) is 4.12. The number of hydrogen-bond acceptors (Lipinski definition) is 4. The van der Waals surface area contributed by atoms with Crippen LogP contribution in [0.15, 0.2) is 18.2 Å². The van der Waals surface area contributed by atoms with Crippen LogP contribution in [-0.2, 0) is 6.54 Å². The zero-order valence-electron chi connectivity index (χ0n) is 7.56. The molecule has 0 amide bonds. The summed E-state index contributed by atoms with van der Waals surface area (Å²) in [5, 5.41) is 10.4. The Balaban J connectivity index is 2.25. The molecule has 2 rings (SSSR count). The molecule has 2 aromatic rings. The van der Waals surface area contributed by atoms with Crippen LogP contribution >= 0.6 is 0 Å². The van der Waals surface area contributed by atoms with Crippen molar-refractivity contribution in [1.29, 1.82) is 0 Å². The molecule has 0 spiro atoms. The van der Waals surface area contributed by atoms with Crippen molar-refractivity contribution in [2.45, 2.75) is 6.54 Å². The smallest absolute Gasteiger partial charge is 0.240 e. The van der Waals surface area contributed by atoms with Crippen molar-refractivity contribution < 1.29 is 8.78 Å². The summed E-state index contributed by atoms with van der Waals surface area (Å²) in [6, 6.07) is 3.57. The van der Waals surface area contributed by atoms with Gasteiger partial charge in [-0.05, 0) is 28.1 Å². The summed E-state index contributed by atoms with van der Waals surface area (Å²) in [5.74, 6) is -1.66. The SMILES string of the molecule is Nc1nnnn1Cc1ccc(F)c(F)c1. The molecule has 0 saturated carbocycles. The van der Waals surface area contributed by atoms with Crippen molar-refractivity contribution in [3.8, 4) is 0 Å². The number of rotatable bonds is 2. The van der Waals surface area contributed by atoms with E-state index in [-0.39, 0.29) is 12.5 Å². The lowest BCUT2D eigenvalue weighted by atomic mass is 10.2. The number of hydrogen-bond donors (Lipinski definition) is 1. The van der Waals surface area contributed by atoms with Gasteiger partial charge in [-0.3, -0.25) is 0 Å². The summed E-state index contributed by atoms with van der Waals surface area (Å²) < 4.78 is 26.7. The van der Waals surface area contributed by atoms with E-state index in [0.717, 1.165) is 12.1 Å². The minimum atomic E-state index is -0.904. The predicted molar refractivity (Wildman–Crippen MR) is 47.7 cm³/mol. The summed E-state index contributed by atoms with van der Waals surface area (Å²) in [6.07, 6.45) is 0. The number of halogens is 2. The Hall–Kier alpha value is -2.05. The lowest BCUT2D eigenvalue weighted by Gasteiger charge is -2.02. The van der Waals surface area contributed by atoms with E-state index in [0.29, 0.717) is 5.56 Å². The van der Waals surface area contributed by atoms with Gasteiger partial charge in [0.15, 0.2) is 11.6 Å². The van der Waals surface area contributed by atoms with Crippen LogP contribution in [0.2, 0.25) is 0 Å². The molecule has 5 nitrogen and oxygen atoms in total. The molecule has 0 atom stereocenters. The van der Waals surface area contributed by atoms with Crippen LogP contribution in [0.25, 0.3) is 0 Å². The van der Waals surface area contributed by atoms with Crippen LogP contribution in [-0.4, -0.2) is 20.2 Å². The van der Waals surface area contributed by atoms with Gasteiger partial charge in [0.1, 0.15) is 0 Å². The highest BCUT2D eigenvalue weighted by atomic mass is 19.2. The van der Waals surface area contributed by atoms with Crippen molar-refractivity contribution in [2.75, 3.05) is 5.73 Å². The maximum Gasteiger partial charge on any atom is 0.240 e. The molecule has 1 heterocycles. The topological polar surface area (TPSA) is 69.6 Å². The van der Waals surface area contributed by atoms with E-state index in [1.165, 1.54) is 10.7 Å². The molecule has 0 bridgehead atoms. The summed E-state index contributed by atoms with van der Waals surface area (Å²) in [5.41, 5.74) is 5.95. The average molecular weight is 211 g/mol. The molecule has 7 heteroatoms. The normalized spacial score (nSPS) is 10.5. The second-order valence-corrected chi connectivity index (χ2v) is 2.94. The first kappa shape index (κ1) is 9.50. The van der Waals surface area contributed by atoms with Crippen LogP contribution in [0, 0.1) is 11.6 Å². The molecule has 78 valence electrons. The Morgan fingerprint density at radius 2 is 2.07 bits per heavy atom. The van der Waals surface area contributed by atoms with E-state index in [1.807, 2.05) is 0 Å². The number of nitrogen functional groups attached to an aromatic ring is 1. The van der Waals surface area contributed by atoms with Gasteiger partial charge in [-0.15, -0.1) is 0 Å². The quantitative estimate of drug-likeness (QED) is 0.788. The minimum absolute atomic E-state index is 0.125. The highest BCUT2D eigenvalue weighted by molar-refractivity contribution is 5.20. The monoisotopic (exact) mass is 211 g/mol. The van der Waals surface area contributed by atoms with Crippen molar-refractivity contribution >= 4 is 5.95 Å². The molecule has 0 radical (unpaired) electrons. The molecule has 0 aliphatic carbocycles. The molecule has 15 heavy (non-hydrogen) atoms. The molecular weight excluding hydrogens is 204 g/mol. The highest BCUT2D eigenvalue weighted by Crippen LogP contribution is 2.10. The fourth-order valence-corrected chi connectivity index (χ4v) is 1.14. The number of anilines is 1. The first-order valence-corrected chi connectivity index (χ1v) is 4.12. The van der Waals surface area contributed by atoms with Gasteiger partial charge in [-0.25, -0.2) is 13.5 Å². The summed E-state index contributed by atoms with van der Waals surface area (Å²) in [4.78, 5) is 0. The second kappa shape index (κ2) is 3.60. The van der Waals surface area contributed by atoms with E-state index in [9.17, 15) is 8.78 Å². The van der Waals surface area contributed by atoms with E-state index in [2.05, 4.69) is 15.5 Å². The van der Waals surface area contributed by atoms with Gasteiger partial charge in [-0.1, -0.05) is 11.2 Å². The molecule has 2 N–H and O–H groups in total. The maximum absolute atomic E-state index is 12.8. The van der Waals surface area contributed by atoms with Gasteiger partial charge < -0.3 is 5.73 Å². The third-order valence-electron chi connectivity index (χ3n) is 1.88. The number of aromatic nitrogens is 4. The molecule has 0 fully saturated rings. The van der Waals surface area contributed by atoms with Crippen LogP contribution in [0.3, 0.4) is 0 Å². The van der Waals surface area contributed by atoms with Crippen LogP contribution in [0.5, 0.6) is 0 Å². The fraction of sp³-hybridized carbons (Fsp3) is 0.125. The zero-order valence-corrected chi connectivity index (χ0v) is 7.56. The maximum atomic E-state index is 12.8. The third-order valence-corrected chi connectivity index (χ3v) is 1.88. The molecule has 1 aromatic heterocycles. The van der Waals surface area contributed by atoms with Gasteiger partial charge in [0, 0.05) is 0 Å². The van der Waals surface area contributed by atoms with Crippen molar-refractivity contribution in [2.24, 2.45) is 0 Å². The number of nitrogens with two attached hydrogens (primary N) is 1. The Labute approximate surface area is 83.5 Å². The fourth-order valence-electron chi connectivity index (χ4n) is 1.14. The van der Waals surface area contributed by atoms with Gasteiger partial charge in [-0.2, -0.15) is 0 Å². The van der Waals surface area contributed by atoms with E-state index in [1.54, 1.807) is 0 Å². The summed E-state index contributed by atoms with van der Waals surface area (Å²) in [7, 11) is 0. The predicted octanol–water partition coefficient (Wildman–Crippen LogP) is 0.582.